The van der Waals surface area contributed by atoms with E-state index in [-0.39, 0.29) is 0 Å². The highest BCUT2D eigenvalue weighted by Gasteiger charge is 2.20. The van der Waals surface area contributed by atoms with Crippen molar-refractivity contribution < 1.29 is 29.3 Å². The lowest BCUT2D eigenvalue weighted by Gasteiger charge is -2.12. The van der Waals surface area contributed by atoms with E-state index in [0.717, 1.165) is 6.92 Å². The molecule has 0 aliphatic heterocycles. The molecule has 0 aliphatic carbocycles. The number of aliphatic hydroxyl groups is 1. The van der Waals surface area contributed by atoms with Crippen LogP contribution in [0.15, 0.2) is 0 Å². The Morgan fingerprint density at radius 1 is 1.43 bits per heavy atom. The van der Waals surface area contributed by atoms with Crippen molar-refractivity contribution >= 4 is 17.8 Å². The maximum atomic E-state index is 10.6. The van der Waals surface area contributed by atoms with Crippen LogP contribution in [0.3, 0.4) is 0 Å². The Labute approximate surface area is 79.7 Å². The number of carbonyl (C=O) groups excluding carboxylic acids is 2. The van der Waals surface area contributed by atoms with Crippen molar-refractivity contribution in [3.8, 4) is 0 Å². The van der Waals surface area contributed by atoms with E-state index in [1.54, 1.807) is 0 Å². The average molecular weight is 205 g/mol. The SMILES string of the molecule is CC(=O)OC[C@H](NC(=O)CO)C(=O)O. The topological polar surface area (TPSA) is 113 Å². The third kappa shape index (κ3) is 5.09. The van der Waals surface area contributed by atoms with Crippen LogP contribution in [0.4, 0.5) is 0 Å². The van der Waals surface area contributed by atoms with Gasteiger partial charge in [-0.15, -0.1) is 0 Å². The Balaban J connectivity index is 4.09. The van der Waals surface area contributed by atoms with Crippen molar-refractivity contribution in [2.75, 3.05) is 13.2 Å². The molecule has 0 aromatic carbocycles. The van der Waals surface area contributed by atoms with E-state index in [9.17, 15) is 14.4 Å². The van der Waals surface area contributed by atoms with Crippen molar-refractivity contribution in [3.05, 3.63) is 0 Å². The fourth-order valence-electron chi connectivity index (χ4n) is 0.615. The number of hydrogen-bond acceptors (Lipinski definition) is 5. The van der Waals surface area contributed by atoms with Gasteiger partial charge in [0.25, 0.3) is 0 Å². The normalized spacial score (nSPS) is 11.6. The predicted octanol–water partition coefficient (Wildman–Crippen LogP) is -1.89. The summed E-state index contributed by atoms with van der Waals surface area (Å²) in [6.07, 6.45) is 0. The van der Waals surface area contributed by atoms with E-state index < -0.39 is 37.1 Å². The molecule has 0 aliphatic rings. The fourth-order valence-corrected chi connectivity index (χ4v) is 0.615. The Bertz CT molecular complexity index is 238. The van der Waals surface area contributed by atoms with Gasteiger partial charge in [0, 0.05) is 6.92 Å². The molecule has 0 heterocycles. The molecule has 7 nitrogen and oxygen atoms in total. The zero-order valence-corrected chi connectivity index (χ0v) is 7.52. The zero-order valence-electron chi connectivity index (χ0n) is 7.52. The fraction of sp³-hybridized carbons (Fsp3) is 0.571. The molecule has 3 N–H and O–H groups in total. The van der Waals surface area contributed by atoms with Gasteiger partial charge < -0.3 is 20.3 Å². The largest absolute Gasteiger partial charge is 0.480 e. The van der Waals surface area contributed by atoms with E-state index in [0.29, 0.717) is 0 Å². The number of rotatable bonds is 5. The number of carbonyl (C=O) groups is 3. The van der Waals surface area contributed by atoms with E-state index in [4.69, 9.17) is 10.2 Å². The van der Waals surface area contributed by atoms with Gasteiger partial charge in [0.1, 0.15) is 13.2 Å². The number of esters is 1. The second-order valence-electron chi connectivity index (χ2n) is 2.42. The summed E-state index contributed by atoms with van der Waals surface area (Å²) in [4.78, 5) is 31.4. The molecule has 0 bridgehead atoms. The first-order valence-corrected chi connectivity index (χ1v) is 3.73. The molecule has 0 aromatic rings. The van der Waals surface area contributed by atoms with Gasteiger partial charge in [-0.1, -0.05) is 0 Å². The van der Waals surface area contributed by atoms with Gasteiger partial charge in [0.15, 0.2) is 6.04 Å². The molecule has 7 heteroatoms. The standard InChI is InChI=1S/C7H11NO6/c1-4(10)14-3-5(7(12)13)8-6(11)2-9/h5,9H,2-3H2,1H3,(H,8,11)(H,12,13)/t5-/m0/s1. The van der Waals surface area contributed by atoms with Crippen LogP contribution in [0.2, 0.25) is 0 Å². The molecule has 0 radical (unpaired) electrons. The molecule has 0 saturated heterocycles. The molecule has 0 fully saturated rings. The first-order chi connectivity index (χ1) is 6.47. The lowest BCUT2D eigenvalue weighted by molar-refractivity contribution is -0.149. The van der Waals surface area contributed by atoms with Gasteiger partial charge in [-0.3, -0.25) is 9.59 Å². The molecule has 0 saturated carbocycles. The summed E-state index contributed by atoms with van der Waals surface area (Å²) in [5.74, 6) is -2.83. The van der Waals surface area contributed by atoms with Crippen LogP contribution in [0, 0.1) is 0 Å². The van der Waals surface area contributed by atoms with Gasteiger partial charge in [-0.2, -0.15) is 0 Å². The predicted molar refractivity (Wildman–Crippen MR) is 43.3 cm³/mol. The molecule has 0 spiro atoms. The van der Waals surface area contributed by atoms with E-state index >= 15 is 0 Å². The highest BCUT2D eigenvalue weighted by molar-refractivity contribution is 5.84. The van der Waals surface area contributed by atoms with Crippen molar-refractivity contribution in [1.82, 2.24) is 5.32 Å². The molecule has 1 amide bonds. The number of amides is 1. The summed E-state index contributed by atoms with van der Waals surface area (Å²) >= 11 is 0. The maximum absolute atomic E-state index is 10.6. The van der Waals surface area contributed by atoms with Gasteiger partial charge in [-0.25, -0.2) is 4.79 Å². The summed E-state index contributed by atoms with van der Waals surface area (Å²) in [6, 6.07) is -1.33. The number of nitrogens with one attached hydrogen (secondary N) is 1. The smallest absolute Gasteiger partial charge is 0.329 e. The number of hydrogen-bond donors (Lipinski definition) is 3. The van der Waals surface area contributed by atoms with Gasteiger partial charge in [0.2, 0.25) is 5.91 Å². The highest BCUT2D eigenvalue weighted by atomic mass is 16.5. The quantitative estimate of drug-likeness (QED) is 0.452. The Morgan fingerprint density at radius 2 is 2.00 bits per heavy atom. The minimum Gasteiger partial charge on any atom is -0.480 e. The number of carboxylic acid groups (broad SMARTS) is 1. The van der Waals surface area contributed by atoms with Crippen molar-refractivity contribution in [2.24, 2.45) is 0 Å². The minimum absolute atomic E-state index is 0.462. The summed E-state index contributed by atoms with van der Waals surface area (Å²) in [7, 11) is 0. The minimum atomic E-state index is -1.34. The molecule has 0 unspecified atom stereocenters. The summed E-state index contributed by atoms with van der Waals surface area (Å²) in [6.45, 7) is -0.160. The summed E-state index contributed by atoms with van der Waals surface area (Å²) < 4.78 is 4.39. The Kier molecular flexibility index (Phi) is 5.23. The molecule has 0 aromatic heterocycles. The molecule has 80 valence electrons. The monoisotopic (exact) mass is 205 g/mol. The second-order valence-corrected chi connectivity index (χ2v) is 2.42. The van der Waals surface area contributed by atoms with Crippen LogP contribution in [-0.4, -0.2) is 47.3 Å². The third-order valence-electron chi connectivity index (χ3n) is 1.23. The average Bonchev–Trinajstić information content (AvgIpc) is 2.10. The van der Waals surface area contributed by atoms with E-state index in [2.05, 4.69) is 4.74 Å². The number of carboxylic acids is 1. The molecule has 14 heavy (non-hydrogen) atoms. The van der Waals surface area contributed by atoms with Gasteiger partial charge in [0.05, 0.1) is 0 Å². The maximum Gasteiger partial charge on any atom is 0.329 e. The number of ether oxygens (including phenoxy) is 1. The Hall–Kier alpha value is -1.63. The third-order valence-corrected chi connectivity index (χ3v) is 1.23. The first kappa shape index (κ1) is 12.4. The van der Waals surface area contributed by atoms with Crippen molar-refractivity contribution in [2.45, 2.75) is 13.0 Å². The molecule has 1 atom stereocenters. The molecular formula is C7H11NO6. The summed E-state index contributed by atoms with van der Waals surface area (Å²) in [5, 5.41) is 18.8. The van der Waals surface area contributed by atoms with Gasteiger partial charge >= 0.3 is 11.9 Å². The van der Waals surface area contributed by atoms with Crippen molar-refractivity contribution in [1.29, 1.82) is 0 Å². The van der Waals surface area contributed by atoms with Crippen LogP contribution < -0.4 is 5.32 Å². The Morgan fingerprint density at radius 3 is 2.36 bits per heavy atom. The van der Waals surface area contributed by atoms with Gasteiger partial charge in [-0.05, 0) is 0 Å². The highest BCUT2D eigenvalue weighted by Crippen LogP contribution is 1.88. The number of aliphatic hydroxyl groups excluding tert-OH is 1. The van der Waals surface area contributed by atoms with Crippen LogP contribution >= 0.6 is 0 Å². The second kappa shape index (κ2) is 5.92. The van der Waals surface area contributed by atoms with Crippen molar-refractivity contribution in [3.63, 3.8) is 0 Å². The summed E-state index contributed by atoms with van der Waals surface area (Å²) in [5.41, 5.74) is 0. The van der Waals surface area contributed by atoms with Crippen LogP contribution in [0.1, 0.15) is 6.92 Å². The van der Waals surface area contributed by atoms with Crippen LogP contribution in [-0.2, 0) is 19.1 Å². The van der Waals surface area contributed by atoms with E-state index in [1.807, 2.05) is 5.32 Å². The van der Waals surface area contributed by atoms with E-state index in [1.165, 1.54) is 0 Å². The zero-order chi connectivity index (χ0) is 11.1. The van der Waals surface area contributed by atoms with Crippen LogP contribution in [0.5, 0.6) is 0 Å². The molecular weight excluding hydrogens is 194 g/mol. The lowest BCUT2D eigenvalue weighted by atomic mass is 10.3. The molecule has 0 rings (SSSR count). The number of aliphatic carboxylic acids is 1. The van der Waals surface area contributed by atoms with Crippen LogP contribution in [0.25, 0.3) is 0 Å². The first-order valence-electron chi connectivity index (χ1n) is 3.73. The lowest BCUT2D eigenvalue weighted by Crippen LogP contribution is -2.45.